The molecule has 4 rings (SSSR count). The lowest BCUT2D eigenvalue weighted by atomic mass is 9.87. The van der Waals surface area contributed by atoms with E-state index in [1.54, 1.807) is 18.2 Å². The van der Waals surface area contributed by atoms with Gasteiger partial charge in [0.05, 0.1) is 0 Å². The van der Waals surface area contributed by atoms with Crippen LogP contribution in [0.5, 0.6) is 0 Å². The van der Waals surface area contributed by atoms with E-state index in [0.29, 0.717) is 21.8 Å². The highest BCUT2D eigenvalue weighted by Crippen LogP contribution is 2.62. The van der Waals surface area contributed by atoms with E-state index in [1.807, 2.05) is 62.3 Å². The lowest BCUT2D eigenvalue weighted by molar-refractivity contribution is -0.153. The SMILES string of the molecule is CCCCSC1(C(F)(F)F)c2ccccc2Sc2c1ccc1c(N(C)C)cccc21. The maximum Gasteiger partial charge on any atom is 0.411 e. The molecule has 0 aliphatic carbocycles. The fourth-order valence-corrected chi connectivity index (χ4v) is 7.11. The Balaban J connectivity index is 2.05. The number of anilines is 1. The molecule has 1 heterocycles. The van der Waals surface area contributed by atoms with Crippen LogP contribution < -0.4 is 4.90 Å². The number of rotatable bonds is 5. The van der Waals surface area contributed by atoms with Crippen molar-refractivity contribution in [3.8, 4) is 0 Å². The van der Waals surface area contributed by atoms with Crippen molar-refractivity contribution in [1.29, 1.82) is 0 Å². The second kappa shape index (κ2) is 8.04. The van der Waals surface area contributed by atoms with Crippen molar-refractivity contribution in [2.75, 3.05) is 24.7 Å². The third kappa shape index (κ3) is 3.28. The first-order valence-corrected chi connectivity index (χ1v) is 11.8. The van der Waals surface area contributed by atoms with Crippen LogP contribution in [0.15, 0.2) is 64.4 Å². The first kappa shape index (κ1) is 21.4. The van der Waals surface area contributed by atoms with E-state index in [-0.39, 0.29) is 0 Å². The molecule has 0 amide bonds. The summed E-state index contributed by atoms with van der Waals surface area (Å²) in [6.45, 7) is 2.01. The van der Waals surface area contributed by atoms with Gasteiger partial charge < -0.3 is 4.90 Å². The molecule has 0 N–H and O–H groups in total. The molecule has 30 heavy (non-hydrogen) atoms. The van der Waals surface area contributed by atoms with Gasteiger partial charge in [-0.05, 0) is 40.8 Å². The zero-order valence-corrected chi connectivity index (χ0v) is 18.8. The number of hydrogen-bond acceptors (Lipinski definition) is 3. The number of benzene rings is 3. The Kier molecular flexibility index (Phi) is 5.75. The van der Waals surface area contributed by atoms with Gasteiger partial charge in [0.25, 0.3) is 0 Å². The summed E-state index contributed by atoms with van der Waals surface area (Å²) in [5.74, 6) is 0.463. The van der Waals surface area contributed by atoms with Crippen LogP contribution in [-0.2, 0) is 4.75 Å². The molecule has 1 aliphatic rings. The number of halogens is 3. The molecule has 0 fully saturated rings. The fraction of sp³-hybridized carbons (Fsp3) is 0.333. The van der Waals surface area contributed by atoms with Crippen LogP contribution in [0.4, 0.5) is 18.9 Å². The average Bonchev–Trinajstić information content (AvgIpc) is 2.71. The molecule has 1 atom stereocenters. The zero-order chi connectivity index (χ0) is 21.5. The van der Waals surface area contributed by atoms with E-state index in [1.165, 1.54) is 11.8 Å². The maximum atomic E-state index is 15.0. The van der Waals surface area contributed by atoms with Crippen LogP contribution in [-0.4, -0.2) is 26.0 Å². The quantitative estimate of drug-likeness (QED) is 0.369. The molecule has 3 aromatic rings. The summed E-state index contributed by atoms with van der Waals surface area (Å²) in [6.07, 6.45) is -2.79. The van der Waals surface area contributed by atoms with Crippen LogP contribution in [0.25, 0.3) is 10.8 Å². The van der Waals surface area contributed by atoms with E-state index in [2.05, 4.69) is 0 Å². The maximum absolute atomic E-state index is 15.0. The van der Waals surface area contributed by atoms with Crippen molar-refractivity contribution < 1.29 is 13.2 Å². The van der Waals surface area contributed by atoms with Gasteiger partial charge in [0.2, 0.25) is 0 Å². The van der Waals surface area contributed by atoms with Gasteiger partial charge in [-0.1, -0.05) is 67.6 Å². The van der Waals surface area contributed by atoms with Crippen molar-refractivity contribution >= 4 is 40.0 Å². The Labute approximate surface area is 184 Å². The summed E-state index contributed by atoms with van der Waals surface area (Å²) in [6, 6.07) is 16.5. The molecule has 1 aliphatic heterocycles. The first-order valence-electron chi connectivity index (χ1n) is 10.0. The predicted octanol–water partition coefficient (Wildman–Crippen LogP) is 7.71. The highest BCUT2D eigenvalue weighted by atomic mass is 32.2. The summed E-state index contributed by atoms with van der Waals surface area (Å²) < 4.78 is 42.8. The lowest BCUT2D eigenvalue weighted by Crippen LogP contribution is -2.43. The fourth-order valence-electron chi connectivity index (χ4n) is 4.10. The molecular formula is C24H24F3NS2. The molecule has 158 valence electrons. The average molecular weight is 448 g/mol. The minimum atomic E-state index is -4.41. The molecular weight excluding hydrogens is 423 g/mol. The van der Waals surface area contributed by atoms with Gasteiger partial charge in [0.15, 0.2) is 4.75 Å². The summed E-state index contributed by atoms with van der Waals surface area (Å²) in [7, 11) is 3.91. The number of thioether (sulfide) groups is 1. The molecule has 0 radical (unpaired) electrons. The van der Waals surface area contributed by atoms with Gasteiger partial charge in [-0.25, -0.2) is 0 Å². The Morgan fingerprint density at radius 1 is 0.933 bits per heavy atom. The molecule has 1 unspecified atom stereocenters. The Hall–Kier alpha value is -1.79. The molecule has 3 aromatic carbocycles. The van der Waals surface area contributed by atoms with E-state index < -0.39 is 10.9 Å². The van der Waals surface area contributed by atoms with Crippen molar-refractivity contribution in [3.05, 3.63) is 65.7 Å². The van der Waals surface area contributed by atoms with Gasteiger partial charge in [0.1, 0.15) is 0 Å². The first-order chi connectivity index (χ1) is 14.3. The molecule has 1 nitrogen and oxygen atoms in total. The number of unbranched alkanes of at least 4 members (excludes halogenated alkanes) is 1. The zero-order valence-electron chi connectivity index (χ0n) is 17.2. The summed E-state index contributed by atoms with van der Waals surface area (Å²) >= 11 is 2.49. The number of alkyl halides is 3. The van der Waals surface area contributed by atoms with E-state index in [0.717, 1.165) is 46.0 Å². The van der Waals surface area contributed by atoms with Gasteiger partial charge in [-0.2, -0.15) is 13.2 Å². The normalized spacial score (nSPS) is 18.2. The minimum absolute atomic E-state index is 0.360. The molecule has 0 spiro atoms. The van der Waals surface area contributed by atoms with Crippen molar-refractivity contribution in [1.82, 2.24) is 0 Å². The topological polar surface area (TPSA) is 3.24 Å². The molecule has 0 saturated heterocycles. The number of nitrogens with zero attached hydrogens (tertiary/aromatic N) is 1. The summed E-state index contributed by atoms with van der Waals surface area (Å²) in [4.78, 5) is 3.41. The number of hydrogen-bond donors (Lipinski definition) is 0. The van der Waals surface area contributed by atoms with Gasteiger partial charge in [-0.15, -0.1) is 11.8 Å². The summed E-state index contributed by atoms with van der Waals surface area (Å²) in [5, 5.41) is 1.85. The van der Waals surface area contributed by atoms with Gasteiger partial charge >= 0.3 is 6.18 Å². The van der Waals surface area contributed by atoms with Gasteiger partial charge in [0, 0.05) is 35.0 Å². The minimum Gasteiger partial charge on any atom is -0.377 e. The van der Waals surface area contributed by atoms with Crippen LogP contribution in [0.1, 0.15) is 30.9 Å². The highest BCUT2D eigenvalue weighted by Gasteiger charge is 2.60. The second-order valence-corrected chi connectivity index (χ2v) is 10.0. The van der Waals surface area contributed by atoms with E-state index in [9.17, 15) is 13.2 Å². The third-order valence-corrected chi connectivity index (χ3v) is 8.36. The Morgan fingerprint density at radius 3 is 2.40 bits per heavy atom. The number of fused-ring (bicyclic) bond motifs is 4. The van der Waals surface area contributed by atoms with Gasteiger partial charge in [-0.3, -0.25) is 0 Å². The highest BCUT2D eigenvalue weighted by molar-refractivity contribution is 8.01. The second-order valence-electron chi connectivity index (χ2n) is 7.69. The third-order valence-electron chi connectivity index (χ3n) is 5.54. The monoisotopic (exact) mass is 447 g/mol. The Morgan fingerprint density at radius 2 is 1.70 bits per heavy atom. The predicted molar refractivity (Wildman–Crippen MR) is 123 cm³/mol. The van der Waals surface area contributed by atoms with Crippen LogP contribution in [0.3, 0.4) is 0 Å². The van der Waals surface area contributed by atoms with Crippen LogP contribution >= 0.6 is 23.5 Å². The van der Waals surface area contributed by atoms with Crippen molar-refractivity contribution in [2.24, 2.45) is 0 Å². The largest absolute Gasteiger partial charge is 0.411 e. The summed E-state index contributed by atoms with van der Waals surface area (Å²) in [5.41, 5.74) is 1.73. The molecule has 0 bridgehead atoms. The molecule has 0 saturated carbocycles. The Bertz CT molecular complexity index is 1080. The van der Waals surface area contributed by atoms with Crippen molar-refractivity contribution in [3.63, 3.8) is 0 Å². The standard InChI is InChI=1S/C24H24F3NS2/c1-4-5-15-29-23(24(25,26)27)18-10-6-7-12-21(18)30-22-17-9-8-11-20(28(2)3)16(17)13-14-19(22)23/h6-14H,4-5,15H2,1-3H3. The molecule has 0 aromatic heterocycles. The van der Waals surface area contributed by atoms with E-state index >= 15 is 0 Å². The van der Waals surface area contributed by atoms with Crippen molar-refractivity contribution in [2.45, 2.75) is 40.5 Å². The molecule has 6 heteroatoms. The van der Waals surface area contributed by atoms with Crippen LogP contribution in [0.2, 0.25) is 0 Å². The van der Waals surface area contributed by atoms with Crippen LogP contribution in [0, 0.1) is 0 Å². The smallest absolute Gasteiger partial charge is 0.377 e. The lowest BCUT2D eigenvalue weighted by Gasteiger charge is -2.41. The van der Waals surface area contributed by atoms with E-state index in [4.69, 9.17) is 0 Å².